The number of halogens is 1. The first-order chi connectivity index (χ1) is 17.6. The molecular formula is C29H31ClN2O4. The number of morpholine rings is 1. The predicted molar refractivity (Wildman–Crippen MR) is 143 cm³/mol. The molecule has 7 heteroatoms. The molecule has 2 heterocycles. The number of carbonyl (C=O) groups is 1. The number of amides is 1. The van der Waals surface area contributed by atoms with Crippen molar-refractivity contribution < 1.29 is 19.0 Å². The lowest BCUT2D eigenvalue weighted by Gasteiger charge is -2.38. The monoisotopic (exact) mass is 506 g/mol. The molecule has 0 saturated carbocycles. The SMILES string of the molecule is CCOc1cc2c(cc1OCC)C(c1ccc(Cl)cc1)N(c1ccc(N3CCOCC3)cc1)C(=O)C2. The molecular weight excluding hydrogens is 476 g/mol. The summed E-state index contributed by atoms with van der Waals surface area (Å²) in [6, 6.07) is 19.6. The largest absolute Gasteiger partial charge is 0.490 e. The van der Waals surface area contributed by atoms with Crippen LogP contribution in [0.2, 0.25) is 5.02 Å². The van der Waals surface area contributed by atoms with Crippen LogP contribution in [0.3, 0.4) is 0 Å². The van der Waals surface area contributed by atoms with Crippen LogP contribution in [0.1, 0.15) is 36.6 Å². The fourth-order valence-corrected chi connectivity index (χ4v) is 5.13. The molecule has 1 atom stereocenters. The third-order valence-corrected chi connectivity index (χ3v) is 6.91. The van der Waals surface area contributed by atoms with Gasteiger partial charge in [-0.1, -0.05) is 23.7 Å². The molecule has 2 aliphatic heterocycles. The topological polar surface area (TPSA) is 51.2 Å². The minimum Gasteiger partial charge on any atom is -0.490 e. The van der Waals surface area contributed by atoms with Crippen LogP contribution in [-0.4, -0.2) is 45.4 Å². The number of carbonyl (C=O) groups excluding carboxylic acids is 1. The van der Waals surface area contributed by atoms with Gasteiger partial charge in [0.2, 0.25) is 5.91 Å². The number of ether oxygens (including phenoxy) is 3. The van der Waals surface area contributed by atoms with E-state index in [1.54, 1.807) is 0 Å². The van der Waals surface area contributed by atoms with Crippen molar-refractivity contribution in [1.82, 2.24) is 0 Å². The fraction of sp³-hybridized carbons (Fsp3) is 0.345. The van der Waals surface area contributed by atoms with Gasteiger partial charge in [-0.3, -0.25) is 4.79 Å². The van der Waals surface area contributed by atoms with Crippen LogP contribution >= 0.6 is 11.6 Å². The molecule has 0 radical (unpaired) electrons. The van der Waals surface area contributed by atoms with Crippen molar-refractivity contribution in [2.45, 2.75) is 26.3 Å². The maximum absolute atomic E-state index is 13.7. The van der Waals surface area contributed by atoms with Crippen LogP contribution in [0.5, 0.6) is 11.5 Å². The summed E-state index contributed by atoms with van der Waals surface area (Å²) in [5.41, 5.74) is 4.95. The van der Waals surface area contributed by atoms with Crippen LogP contribution in [0.25, 0.3) is 0 Å². The minimum atomic E-state index is -0.317. The lowest BCUT2D eigenvalue weighted by atomic mass is 9.86. The van der Waals surface area contributed by atoms with E-state index in [4.69, 9.17) is 25.8 Å². The van der Waals surface area contributed by atoms with E-state index in [1.807, 2.05) is 67.3 Å². The number of fused-ring (bicyclic) bond motifs is 1. The Morgan fingerprint density at radius 2 is 1.50 bits per heavy atom. The summed E-state index contributed by atoms with van der Waals surface area (Å²) in [6.45, 7) is 8.14. The summed E-state index contributed by atoms with van der Waals surface area (Å²) in [4.78, 5) is 17.9. The summed E-state index contributed by atoms with van der Waals surface area (Å²) >= 11 is 6.22. The second kappa shape index (κ2) is 10.8. The molecule has 1 fully saturated rings. The van der Waals surface area contributed by atoms with Gasteiger partial charge in [0.15, 0.2) is 11.5 Å². The summed E-state index contributed by atoms with van der Waals surface area (Å²) in [5, 5.41) is 0.657. The molecule has 188 valence electrons. The zero-order valence-corrected chi connectivity index (χ0v) is 21.5. The highest BCUT2D eigenvalue weighted by atomic mass is 35.5. The Bertz CT molecular complexity index is 1210. The molecule has 0 N–H and O–H groups in total. The Labute approximate surface area is 217 Å². The van der Waals surface area contributed by atoms with Gasteiger partial charge in [-0.05, 0) is 79.1 Å². The molecule has 0 spiro atoms. The summed E-state index contributed by atoms with van der Waals surface area (Å²) in [6.07, 6.45) is 0.289. The molecule has 0 aromatic heterocycles. The minimum absolute atomic E-state index is 0.0354. The maximum Gasteiger partial charge on any atom is 0.232 e. The van der Waals surface area contributed by atoms with Gasteiger partial charge in [0.1, 0.15) is 0 Å². The molecule has 3 aromatic rings. The first-order valence-corrected chi connectivity index (χ1v) is 12.9. The van der Waals surface area contributed by atoms with E-state index in [0.717, 1.165) is 54.4 Å². The average molecular weight is 507 g/mol. The lowest BCUT2D eigenvalue weighted by Crippen LogP contribution is -2.41. The number of nitrogens with zero attached hydrogens (tertiary/aromatic N) is 2. The Morgan fingerprint density at radius 1 is 0.889 bits per heavy atom. The number of benzene rings is 3. The highest BCUT2D eigenvalue weighted by Crippen LogP contribution is 2.44. The summed E-state index contributed by atoms with van der Waals surface area (Å²) in [7, 11) is 0. The molecule has 0 aliphatic carbocycles. The van der Waals surface area contributed by atoms with Gasteiger partial charge < -0.3 is 24.0 Å². The predicted octanol–water partition coefficient (Wildman–Crippen LogP) is 5.65. The van der Waals surface area contributed by atoms with Crippen molar-refractivity contribution >= 4 is 28.9 Å². The first kappa shape index (κ1) is 24.5. The second-order valence-electron chi connectivity index (χ2n) is 8.87. The number of hydrogen-bond donors (Lipinski definition) is 0. The molecule has 1 amide bonds. The summed E-state index contributed by atoms with van der Waals surface area (Å²) in [5.74, 6) is 1.39. The zero-order valence-electron chi connectivity index (χ0n) is 20.7. The van der Waals surface area contributed by atoms with Crippen molar-refractivity contribution in [1.29, 1.82) is 0 Å². The normalized spacial score (nSPS) is 17.6. The van der Waals surface area contributed by atoms with Crippen LogP contribution in [0.4, 0.5) is 11.4 Å². The van der Waals surface area contributed by atoms with E-state index in [9.17, 15) is 4.79 Å². The van der Waals surface area contributed by atoms with Crippen molar-refractivity contribution in [2.75, 3.05) is 49.3 Å². The van der Waals surface area contributed by atoms with Crippen LogP contribution in [0.15, 0.2) is 60.7 Å². The standard InChI is InChI=1S/C29H31ClN2O4/c1-3-35-26-17-21-18-28(33)32(24-11-9-23(10-12-24)31-13-15-34-16-14-31)29(20-5-7-22(30)8-6-20)25(21)19-27(26)36-4-2/h5-12,17,19,29H,3-4,13-16,18H2,1-2H3. The fourth-order valence-electron chi connectivity index (χ4n) is 5.01. The second-order valence-corrected chi connectivity index (χ2v) is 9.31. The highest BCUT2D eigenvalue weighted by Gasteiger charge is 2.36. The Hall–Kier alpha value is -3.22. The van der Waals surface area contributed by atoms with E-state index in [-0.39, 0.29) is 18.4 Å². The molecule has 3 aromatic carbocycles. The van der Waals surface area contributed by atoms with E-state index in [2.05, 4.69) is 17.0 Å². The van der Waals surface area contributed by atoms with Gasteiger partial charge >= 0.3 is 0 Å². The highest BCUT2D eigenvalue weighted by molar-refractivity contribution is 6.30. The molecule has 1 unspecified atom stereocenters. The van der Waals surface area contributed by atoms with Gasteiger partial charge in [-0.15, -0.1) is 0 Å². The number of rotatable bonds is 7. The van der Waals surface area contributed by atoms with Gasteiger partial charge in [0, 0.05) is 29.5 Å². The maximum atomic E-state index is 13.7. The van der Waals surface area contributed by atoms with Crippen LogP contribution < -0.4 is 19.3 Å². The third-order valence-electron chi connectivity index (χ3n) is 6.66. The average Bonchev–Trinajstić information content (AvgIpc) is 2.90. The Morgan fingerprint density at radius 3 is 2.14 bits per heavy atom. The number of hydrogen-bond acceptors (Lipinski definition) is 5. The zero-order chi connectivity index (χ0) is 25.1. The molecule has 1 saturated heterocycles. The Kier molecular flexibility index (Phi) is 7.35. The van der Waals surface area contributed by atoms with Crippen LogP contribution in [-0.2, 0) is 16.0 Å². The van der Waals surface area contributed by atoms with E-state index in [1.165, 1.54) is 0 Å². The van der Waals surface area contributed by atoms with Crippen molar-refractivity contribution in [3.63, 3.8) is 0 Å². The van der Waals surface area contributed by atoms with E-state index >= 15 is 0 Å². The van der Waals surface area contributed by atoms with Crippen molar-refractivity contribution in [3.05, 3.63) is 82.4 Å². The van der Waals surface area contributed by atoms with Gasteiger partial charge in [-0.25, -0.2) is 0 Å². The van der Waals surface area contributed by atoms with Gasteiger partial charge in [0.25, 0.3) is 0 Å². The third kappa shape index (κ3) is 4.88. The summed E-state index contributed by atoms with van der Waals surface area (Å²) < 4.78 is 17.3. The molecule has 2 aliphatic rings. The quantitative estimate of drug-likeness (QED) is 0.414. The first-order valence-electron chi connectivity index (χ1n) is 12.5. The molecule has 6 nitrogen and oxygen atoms in total. The molecule has 36 heavy (non-hydrogen) atoms. The van der Waals surface area contributed by atoms with E-state index in [0.29, 0.717) is 29.7 Å². The number of anilines is 2. The molecule has 0 bridgehead atoms. The Balaban J connectivity index is 1.59. The van der Waals surface area contributed by atoms with Gasteiger partial charge in [0.05, 0.1) is 38.9 Å². The van der Waals surface area contributed by atoms with Gasteiger partial charge in [-0.2, -0.15) is 0 Å². The molecule has 5 rings (SSSR count). The smallest absolute Gasteiger partial charge is 0.232 e. The van der Waals surface area contributed by atoms with Crippen molar-refractivity contribution in [2.24, 2.45) is 0 Å². The van der Waals surface area contributed by atoms with Crippen molar-refractivity contribution in [3.8, 4) is 11.5 Å². The lowest BCUT2D eigenvalue weighted by molar-refractivity contribution is -0.118. The van der Waals surface area contributed by atoms with E-state index < -0.39 is 0 Å². The van der Waals surface area contributed by atoms with Crippen LogP contribution in [0, 0.1) is 0 Å².